The predicted octanol–water partition coefficient (Wildman–Crippen LogP) is 4.26. The van der Waals surface area contributed by atoms with Crippen LogP contribution in [-0.4, -0.2) is 17.9 Å². The Morgan fingerprint density at radius 2 is 2.04 bits per heavy atom. The Balaban J connectivity index is 2.07. The second-order valence-corrected chi connectivity index (χ2v) is 6.13. The molecule has 0 aliphatic rings. The molecule has 0 aromatic heterocycles. The number of nitro benzene ring substituents is 1. The van der Waals surface area contributed by atoms with Gasteiger partial charge in [-0.2, -0.15) is 0 Å². The molecular weight excluding hydrogens is 388 g/mol. The number of nitro groups is 1. The van der Waals surface area contributed by atoms with E-state index in [1.807, 2.05) is 25.1 Å². The van der Waals surface area contributed by atoms with Crippen LogP contribution in [0.25, 0.3) is 6.08 Å². The fourth-order valence-electron chi connectivity index (χ4n) is 2.26. The van der Waals surface area contributed by atoms with Gasteiger partial charge < -0.3 is 10.1 Å². The number of hydrogen-bond donors (Lipinski definition) is 1. The first-order valence-electron chi connectivity index (χ1n) is 7.48. The number of ether oxygens (including phenoxy) is 1. The molecule has 0 bridgehead atoms. The lowest BCUT2D eigenvalue weighted by atomic mass is 10.1. The minimum atomic E-state index is -0.477. The van der Waals surface area contributed by atoms with Crippen LogP contribution < -0.4 is 10.1 Å². The van der Waals surface area contributed by atoms with Crippen LogP contribution in [0.1, 0.15) is 24.1 Å². The lowest BCUT2D eigenvalue weighted by molar-refractivity contribution is -0.385. The van der Waals surface area contributed by atoms with Gasteiger partial charge >= 0.3 is 0 Å². The molecule has 130 valence electrons. The highest BCUT2D eigenvalue weighted by atomic mass is 79.9. The van der Waals surface area contributed by atoms with Gasteiger partial charge in [-0.1, -0.05) is 18.2 Å². The van der Waals surface area contributed by atoms with Gasteiger partial charge in [-0.15, -0.1) is 0 Å². The van der Waals surface area contributed by atoms with Crippen LogP contribution in [0.3, 0.4) is 0 Å². The zero-order valence-electron chi connectivity index (χ0n) is 13.7. The number of amides is 1. The number of benzene rings is 2. The number of nitrogens with zero attached hydrogens (tertiary/aromatic N) is 1. The van der Waals surface area contributed by atoms with Crippen LogP contribution in [0.4, 0.5) is 5.69 Å². The molecular formula is C18H17BrN2O4. The summed E-state index contributed by atoms with van der Waals surface area (Å²) in [6.07, 6.45) is 2.72. The van der Waals surface area contributed by atoms with Crippen molar-refractivity contribution in [1.82, 2.24) is 5.32 Å². The standard InChI is InChI=1S/C18H17BrN2O4/c1-12(14-7-9-17(25-2)15(19)11-14)20-18(22)10-8-13-5-3-4-6-16(13)21(23)24/h3-12H,1-2H3,(H,20,22)/b10-8+/t12-/m1/s1. The fourth-order valence-corrected chi connectivity index (χ4v) is 2.82. The van der Waals surface area contributed by atoms with Gasteiger partial charge in [-0.05, 0) is 52.7 Å². The third kappa shape index (κ3) is 4.90. The molecule has 2 rings (SSSR count). The average molecular weight is 405 g/mol. The van der Waals surface area contributed by atoms with Crippen molar-refractivity contribution >= 4 is 33.6 Å². The zero-order chi connectivity index (χ0) is 18.4. The molecule has 0 spiro atoms. The molecule has 6 nitrogen and oxygen atoms in total. The number of nitrogens with one attached hydrogen (secondary N) is 1. The van der Waals surface area contributed by atoms with Crippen molar-refractivity contribution in [2.45, 2.75) is 13.0 Å². The van der Waals surface area contributed by atoms with Crippen molar-refractivity contribution in [3.05, 3.63) is 74.3 Å². The van der Waals surface area contributed by atoms with E-state index in [2.05, 4.69) is 21.2 Å². The van der Waals surface area contributed by atoms with Crippen LogP contribution in [0.5, 0.6) is 5.75 Å². The van der Waals surface area contributed by atoms with Gasteiger partial charge in [0, 0.05) is 12.1 Å². The first-order valence-corrected chi connectivity index (χ1v) is 8.27. The van der Waals surface area contributed by atoms with Crippen molar-refractivity contribution in [3.8, 4) is 5.75 Å². The summed E-state index contributed by atoms with van der Waals surface area (Å²) in [6.45, 7) is 1.85. The summed E-state index contributed by atoms with van der Waals surface area (Å²) in [6, 6.07) is 11.6. The summed E-state index contributed by atoms with van der Waals surface area (Å²) in [5.74, 6) is 0.371. The molecule has 1 atom stereocenters. The zero-order valence-corrected chi connectivity index (χ0v) is 15.3. The number of carbonyl (C=O) groups is 1. The van der Waals surface area contributed by atoms with Gasteiger partial charge in [0.15, 0.2) is 0 Å². The molecule has 1 amide bonds. The molecule has 0 aliphatic carbocycles. The molecule has 1 N–H and O–H groups in total. The van der Waals surface area contributed by atoms with Gasteiger partial charge in [0.25, 0.3) is 5.69 Å². The van der Waals surface area contributed by atoms with Crippen molar-refractivity contribution in [2.75, 3.05) is 7.11 Å². The van der Waals surface area contributed by atoms with E-state index in [4.69, 9.17) is 4.74 Å². The van der Waals surface area contributed by atoms with Crippen LogP contribution in [-0.2, 0) is 4.79 Å². The van der Waals surface area contributed by atoms with E-state index in [9.17, 15) is 14.9 Å². The van der Waals surface area contributed by atoms with Gasteiger partial charge in [-0.3, -0.25) is 14.9 Å². The minimum absolute atomic E-state index is 0.0429. The SMILES string of the molecule is COc1ccc([C@@H](C)NC(=O)/C=C/c2ccccc2[N+](=O)[O-])cc1Br. The molecule has 7 heteroatoms. The van der Waals surface area contributed by atoms with Crippen molar-refractivity contribution in [2.24, 2.45) is 0 Å². The smallest absolute Gasteiger partial charge is 0.276 e. The summed E-state index contributed by atoms with van der Waals surface area (Å²) in [5, 5.41) is 13.8. The summed E-state index contributed by atoms with van der Waals surface area (Å²) in [4.78, 5) is 22.6. The highest BCUT2D eigenvalue weighted by Gasteiger charge is 2.12. The van der Waals surface area contributed by atoms with Crippen LogP contribution in [0, 0.1) is 10.1 Å². The third-order valence-electron chi connectivity index (χ3n) is 3.58. The molecule has 0 heterocycles. The molecule has 2 aromatic rings. The molecule has 25 heavy (non-hydrogen) atoms. The van der Waals surface area contributed by atoms with Gasteiger partial charge in [0.1, 0.15) is 5.75 Å². The highest BCUT2D eigenvalue weighted by molar-refractivity contribution is 9.10. The van der Waals surface area contributed by atoms with E-state index < -0.39 is 4.92 Å². The van der Waals surface area contributed by atoms with Gasteiger partial charge in [-0.25, -0.2) is 0 Å². The monoisotopic (exact) mass is 404 g/mol. The normalized spacial score (nSPS) is 12.0. The van der Waals surface area contributed by atoms with Crippen molar-refractivity contribution in [1.29, 1.82) is 0 Å². The Bertz CT molecular complexity index is 820. The number of methoxy groups -OCH3 is 1. The Labute approximate surface area is 153 Å². The van der Waals surface area contributed by atoms with Crippen LogP contribution in [0.2, 0.25) is 0 Å². The molecule has 0 unspecified atom stereocenters. The number of para-hydroxylation sites is 1. The van der Waals surface area contributed by atoms with Crippen molar-refractivity contribution in [3.63, 3.8) is 0 Å². The number of halogens is 1. The summed E-state index contributed by atoms with van der Waals surface area (Å²) < 4.78 is 5.97. The Morgan fingerprint density at radius 3 is 2.68 bits per heavy atom. The van der Waals surface area contributed by atoms with E-state index in [1.165, 1.54) is 18.2 Å². The van der Waals surface area contributed by atoms with E-state index in [0.717, 1.165) is 10.0 Å². The van der Waals surface area contributed by atoms with Crippen LogP contribution >= 0.6 is 15.9 Å². The Kier molecular flexibility index (Phi) is 6.30. The van der Waals surface area contributed by atoms with E-state index >= 15 is 0 Å². The Hall–Kier alpha value is -2.67. The summed E-state index contributed by atoms with van der Waals surface area (Å²) in [5.41, 5.74) is 1.24. The van der Waals surface area contributed by atoms with Gasteiger partial charge in [0.2, 0.25) is 5.91 Å². The lowest BCUT2D eigenvalue weighted by Gasteiger charge is -2.14. The second-order valence-electron chi connectivity index (χ2n) is 5.27. The summed E-state index contributed by atoms with van der Waals surface area (Å²) >= 11 is 3.41. The first kappa shape index (κ1) is 18.7. The minimum Gasteiger partial charge on any atom is -0.496 e. The molecule has 0 saturated carbocycles. The lowest BCUT2D eigenvalue weighted by Crippen LogP contribution is -2.24. The maximum atomic E-state index is 12.1. The molecule has 0 radical (unpaired) electrons. The highest BCUT2D eigenvalue weighted by Crippen LogP contribution is 2.28. The summed E-state index contributed by atoms with van der Waals surface area (Å²) in [7, 11) is 1.58. The number of rotatable bonds is 6. The van der Waals surface area contributed by atoms with Gasteiger partial charge in [0.05, 0.1) is 28.1 Å². The fraction of sp³-hybridized carbons (Fsp3) is 0.167. The molecule has 0 fully saturated rings. The predicted molar refractivity (Wildman–Crippen MR) is 99.4 cm³/mol. The maximum Gasteiger partial charge on any atom is 0.276 e. The first-order chi connectivity index (χ1) is 11.9. The maximum absolute atomic E-state index is 12.1. The largest absolute Gasteiger partial charge is 0.496 e. The number of carbonyl (C=O) groups excluding carboxylic acids is 1. The van der Waals surface area contributed by atoms with E-state index in [1.54, 1.807) is 25.3 Å². The quantitative estimate of drug-likeness (QED) is 0.443. The topological polar surface area (TPSA) is 81.5 Å². The van der Waals surface area contributed by atoms with E-state index in [-0.39, 0.29) is 17.6 Å². The Morgan fingerprint density at radius 1 is 1.32 bits per heavy atom. The molecule has 2 aromatic carbocycles. The molecule has 0 saturated heterocycles. The number of hydrogen-bond acceptors (Lipinski definition) is 4. The van der Waals surface area contributed by atoms with E-state index in [0.29, 0.717) is 11.3 Å². The average Bonchev–Trinajstić information content (AvgIpc) is 2.60. The second kappa shape index (κ2) is 8.43. The van der Waals surface area contributed by atoms with Crippen LogP contribution in [0.15, 0.2) is 53.0 Å². The van der Waals surface area contributed by atoms with Crippen molar-refractivity contribution < 1.29 is 14.5 Å². The molecule has 0 aliphatic heterocycles. The third-order valence-corrected chi connectivity index (χ3v) is 4.20.